The van der Waals surface area contributed by atoms with Gasteiger partial charge in [0.25, 0.3) is 0 Å². The Kier molecular flexibility index (Phi) is 5.80. The van der Waals surface area contributed by atoms with Gasteiger partial charge < -0.3 is 0 Å². The molecule has 0 saturated carbocycles. The van der Waals surface area contributed by atoms with Gasteiger partial charge in [-0.25, -0.2) is 0 Å². The molecule has 0 N–H and O–H groups in total. The summed E-state index contributed by atoms with van der Waals surface area (Å²) in [5, 5.41) is 0. The topological polar surface area (TPSA) is 3.24 Å². The van der Waals surface area contributed by atoms with Gasteiger partial charge in [0.1, 0.15) is 0 Å². The maximum absolute atomic E-state index is 12.1. The average Bonchev–Trinajstić information content (AvgIpc) is 2.11. The lowest BCUT2D eigenvalue weighted by Gasteiger charge is -2.34. The molecule has 4 heteroatoms. The highest BCUT2D eigenvalue weighted by Crippen LogP contribution is 2.34. The van der Waals surface area contributed by atoms with Crippen molar-refractivity contribution in [2.24, 2.45) is 11.3 Å². The Hall–Kier alpha value is -0.250. The van der Waals surface area contributed by atoms with Crippen LogP contribution < -0.4 is 0 Å². The molecule has 16 heavy (non-hydrogen) atoms. The minimum absolute atomic E-state index is 0.139. The monoisotopic (exact) mass is 239 g/mol. The molecule has 0 fully saturated rings. The minimum atomic E-state index is -4.09. The molecule has 1 unspecified atom stereocenters. The Morgan fingerprint density at radius 2 is 1.69 bits per heavy atom. The highest BCUT2D eigenvalue weighted by molar-refractivity contribution is 4.77. The molecule has 0 saturated heterocycles. The van der Waals surface area contributed by atoms with E-state index in [4.69, 9.17) is 0 Å². The van der Waals surface area contributed by atoms with Crippen molar-refractivity contribution in [3.05, 3.63) is 0 Å². The second-order valence-corrected chi connectivity index (χ2v) is 5.27. The summed E-state index contributed by atoms with van der Waals surface area (Å²) in [6.45, 7) is 8.20. The third-order valence-electron chi connectivity index (χ3n) is 3.72. The van der Waals surface area contributed by atoms with Crippen LogP contribution in [0.2, 0.25) is 0 Å². The molecule has 0 aliphatic heterocycles. The molecular weight excluding hydrogens is 215 g/mol. The summed E-state index contributed by atoms with van der Waals surface area (Å²) in [5.74, 6) is 0.497. The fourth-order valence-electron chi connectivity index (χ4n) is 1.71. The van der Waals surface area contributed by atoms with Gasteiger partial charge in [-0.15, -0.1) is 0 Å². The van der Waals surface area contributed by atoms with E-state index in [1.807, 2.05) is 0 Å². The normalized spacial score (nSPS) is 16.9. The SMILES string of the molecule is CCC(C)(CCN(C)CC(F)(F)F)C(C)C. The van der Waals surface area contributed by atoms with Crippen molar-refractivity contribution >= 4 is 0 Å². The second kappa shape index (κ2) is 5.89. The molecular formula is C12H24F3N. The van der Waals surface area contributed by atoms with Crippen molar-refractivity contribution in [2.75, 3.05) is 20.1 Å². The molecule has 0 spiro atoms. The molecule has 0 aromatic rings. The van der Waals surface area contributed by atoms with Crippen LogP contribution in [0.5, 0.6) is 0 Å². The van der Waals surface area contributed by atoms with E-state index in [-0.39, 0.29) is 5.41 Å². The maximum Gasteiger partial charge on any atom is 0.401 e. The van der Waals surface area contributed by atoms with Gasteiger partial charge >= 0.3 is 6.18 Å². The summed E-state index contributed by atoms with van der Waals surface area (Å²) in [6, 6.07) is 0. The Morgan fingerprint density at radius 3 is 2.00 bits per heavy atom. The molecule has 0 rings (SSSR count). The lowest BCUT2D eigenvalue weighted by molar-refractivity contribution is -0.143. The number of hydrogen-bond acceptors (Lipinski definition) is 1. The van der Waals surface area contributed by atoms with E-state index >= 15 is 0 Å². The highest BCUT2D eigenvalue weighted by atomic mass is 19.4. The second-order valence-electron chi connectivity index (χ2n) is 5.27. The Bertz CT molecular complexity index is 201. The van der Waals surface area contributed by atoms with E-state index < -0.39 is 12.7 Å². The van der Waals surface area contributed by atoms with Crippen molar-refractivity contribution in [3.63, 3.8) is 0 Å². The fourth-order valence-corrected chi connectivity index (χ4v) is 1.71. The largest absolute Gasteiger partial charge is 0.401 e. The number of nitrogens with zero attached hydrogens (tertiary/aromatic N) is 1. The first-order valence-electron chi connectivity index (χ1n) is 5.86. The van der Waals surface area contributed by atoms with Gasteiger partial charge in [0.05, 0.1) is 6.54 Å². The summed E-state index contributed by atoms with van der Waals surface area (Å²) >= 11 is 0. The Labute approximate surface area is 97.0 Å². The third kappa shape index (κ3) is 5.73. The van der Waals surface area contributed by atoms with Crippen molar-refractivity contribution in [1.29, 1.82) is 0 Å². The summed E-state index contributed by atoms with van der Waals surface area (Å²) in [7, 11) is 1.53. The van der Waals surface area contributed by atoms with E-state index in [0.717, 1.165) is 12.8 Å². The molecule has 1 atom stereocenters. The van der Waals surface area contributed by atoms with E-state index in [1.165, 1.54) is 11.9 Å². The van der Waals surface area contributed by atoms with Gasteiger partial charge in [-0.1, -0.05) is 34.1 Å². The summed E-state index contributed by atoms with van der Waals surface area (Å²) in [5.41, 5.74) is 0.139. The van der Waals surface area contributed by atoms with E-state index in [9.17, 15) is 13.2 Å². The molecule has 0 heterocycles. The van der Waals surface area contributed by atoms with Crippen LogP contribution in [0.3, 0.4) is 0 Å². The minimum Gasteiger partial charge on any atom is -0.298 e. The first kappa shape index (κ1) is 15.8. The number of alkyl halides is 3. The quantitative estimate of drug-likeness (QED) is 0.678. The van der Waals surface area contributed by atoms with Crippen LogP contribution >= 0.6 is 0 Å². The van der Waals surface area contributed by atoms with Gasteiger partial charge in [0.15, 0.2) is 0 Å². The first-order valence-corrected chi connectivity index (χ1v) is 5.86. The zero-order valence-electron chi connectivity index (χ0n) is 11.0. The van der Waals surface area contributed by atoms with E-state index in [1.54, 1.807) is 0 Å². The van der Waals surface area contributed by atoms with E-state index in [0.29, 0.717) is 12.5 Å². The van der Waals surface area contributed by atoms with Gasteiger partial charge in [0.2, 0.25) is 0 Å². The van der Waals surface area contributed by atoms with Gasteiger partial charge in [0, 0.05) is 0 Å². The van der Waals surface area contributed by atoms with Crippen LogP contribution in [0.1, 0.15) is 40.5 Å². The number of hydrogen-bond donors (Lipinski definition) is 0. The van der Waals surface area contributed by atoms with Crippen molar-refractivity contribution in [1.82, 2.24) is 4.90 Å². The highest BCUT2D eigenvalue weighted by Gasteiger charge is 2.31. The van der Waals surface area contributed by atoms with Crippen LogP contribution in [0, 0.1) is 11.3 Å². The molecule has 98 valence electrons. The predicted octanol–water partition coefficient (Wildman–Crippen LogP) is 3.94. The van der Waals surface area contributed by atoms with Crippen LogP contribution in [0.15, 0.2) is 0 Å². The van der Waals surface area contributed by atoms with Gasteiger partial charge in [-0.3, -0.25) is 4.90 Å². The Morgan fingerprint density at radius 1 is 1.19 bits per heavy atom. The molecule has 0 aliphatic carbocycles. The third-order valence-corrected chi connectivity index (χ3v) is 3.72. The van der Waals surface area contributed by atoms with E-state index in [2.05, 4.69) is 27.7 Å². The standard InChI is InChI=1S/C12H24F3N/c1-6-11(4,10(2)3)7-8-16(5)9-12(13,14)15/h10H,6-9H2,1-5H3. The zero-order chi connectivity index (χ0) is 13.0. The Balaban J connectivity index is 4.13. The van der Waals surface area contributed by atoms with Crippen LogP contribution in [-0.2, 0) is 0 Å². The lowest BCUT2D eigenvalue weighted by Crippen LogP contribution is -2.35. The molecule has 0 amide bonds. The van der Waals surface area contributed by atoms with Crippen molar-refractivity contribution in [3.8, 4) is 0 Å². The molecule has 0 aromatic heterocycles. The summed E-state index contributed by atoms with van der Waals surface area (Å²) in [6.07, 6.45) is -2.27. The van der Waals surface area contributed by atoms with Crippen LogP contribution in [0.25, 0.3) is 0 Å². The molecule has 1 nitrogen and oxygen atoms in total. The maximum atomic E-state index is 12.1. The van der Waals surface area contributed by atoms with Crippen LogP contribution in [0.4, 0.5) is 13.2 Å². The van der Waals surface area contributed by atoms with Crippen molar-refractivity contribution in [2.45, 2.75) is 46.7 Å². The smallest absolute Gasteiger partial charge is 0.298 e. The molecule has 0 bridgehead atoms. The van der Waals surface area contributed by atoms with Crippen LogP contribution in [-0.4, -0.2) is 31.2 Å². The predicted molar refractivity (Wildman–Crippen MR) is 61.4 cm³/mol. The zero-order valence-corrected chi connectivity index (χ0v) is 11.0. The summed E-state index contributed by atoms with van der Waals surface area (Å²) < 4.78 is 36.4. The number of halogens is 3. The number of rotatable bonds is 6. The average molecular weight is 239 g/mol. The fraction of sp³-hybridized carbons (Fsp3) is 1.00. The van der Waals surface area contributed by atoms with Gasteiger partial charge in [-0.05, 0) is 31.3 Å². The lowest BCUT2D eigenvalue weighted by atomic mass is 9.74. The summed E-state index contributed by atoms with van der Waals surface area (Å²) in [4.78, 5) is 1.36. The van der Waals surface area contributed by atoms with Crippen molar-refractivity contribution < 1.29 is 13.2 Å². The molecule has 0 aliphatic rings. The van der Waals surface area contributed by atoms with Gasteiger partial charge in [-0.2, -0.15) is 13.2 Å². The first-order chi connectivity index (χ1) is 7.10. The molecule has 0 aromatic carbocycles. The molecule has 0 radical (unpaired) electrons.